The fourth-order valence-corrected chi connectivity index (χ4v) is 1.57. The molecule has 4 heteroatoms. The summed E-state index contributed by atoms with van der Waals surface area (Å²) in [5.41, 5.74) is 0.514. The first-order valence-electron chi connectivity index (χ1n) is 4.87. The van der Waals surface area contributed by atoms with Crippen LogP contribution in [0.1, 0.15) is 10.4 Å². The van der Waals surface area contributed by atoms with Gasteiger partial charge in [0, 0.05) is 11.6 Å². The monoisotopic (exact) mass is 294 g/mol. The van der Waals surface area contributed by atoms with E-state index in [-0.39, 0.29) is 0 Å². The topological polar surface area (TPSA) is 26.3 Å². The van der Waals surface area contributed by atoms with Gasteiger partial charge in [0.15, 0.2) is 0 Å². The lowest BCUT2D eigenvalue weighted by Gasteiger charge is -2.06. The molecule has 0 fully saturated rings. The second-order valence-corrected chi connectivity index (χ2v) is 4.22. The molecule has 0 aromatic heterocycles. The number of benzene rings is 2. The fraction of sp³-hybridized carbons (Fsp3) is 0. The molecule has 0 heterocycles. The molecule has 0 unspecified atom stereocenters. The van der Waals surface area contributed by atoms with Gasteiger partial charge in [-0.05, 0) is 40.2 Å². The maximum absolute atomic E-state index is 13.2. The molecule has 2 nitrogen and oxygen atoms in total. The van der Waals surface area contributed by atoms with Gasteiger partial charge in [-0.1, -0.05) is 12.1 Å². The summed E-state index contributed by atoms with van der Waals surface area (Å²) in [5, 5.41) is 0. The van der Waals surface area contributed by atoms with Crippen molar-refractivity contribution in [2.75, 3.05) is 0 Å². The van der Waals surface area contributed by atoms with Crippen molar-refractivity contribution in [1.82, 2.24) is 0 Å². The first-order chi connectivity index (χ1) is 8.19. The van der Waals surface area contributed by atoms with E-state index in [9.17, 15) is 9.18 Å². The number of aldehydes is 1. The summed E-state index contributed by atoms with van der Waals surface area (Å²) in [6, 6.07) is 11.1. The smallest absolute Gasteiger partial charge is 0.150 e. The predicted molar refractivity (Wildman–Crippen MR) is 66.0 cm³/mol. The molecule has 0 radical (unpaired) electrons. The lowest BCUT2D eigenvalue weighted by Crippen LogP contribution is -1.87. The van der Waals surface area contributed by atoms with Crippen molar-refractivity contribution in [2.24, 2.45) is 0 Å². The van der Waals surface area contributed by atoms with Gasteiger partial charge in [-0.2, -0.15) is 0 Å². The van der Waals surface area contributed by atoms with E-state index < -0.39 is 5.82 Å². The summed E-state index contributed by atoms with van der Waals surface area (Å²) in [6.07, 6.45) is 0.731. The molecule has 0 bridgehead atoms. The van der Waals surface area contributed by atoms with Crippen molar-refractivity contribution in [1.29, 1.82) is 0 Å². The highest BCUT2D eigenvalue weighted by Gasteiger charge is 2.03. The van der Waals surface area contributed by atoms with Crippen molar-refractivity contribution >= 4 is 22.2 Å². The number of halogens is 2. The van der Waals surface area contributed by atoms with Crippen LogP contribution in [-0.4, -0.2) is 6.29 Å². The third-order valence-electron chi connectivity index (χ3n) is 2.12. The van der Waals surface area contributed by atoms with Gasteiger partial charge < -0.3 is 4.74 Å². The third kappa shape index (κ3) is 2.91. The Labute approximate surface area is 106 Å². The second kappa shape index (κ2) is 5.10. The molecule has 17 heavy (non-hydrogen) atoms. The van der Waals surface area contributed by atoms with Crippen LogP contribution in [0.25, 0.3) is 0 Å². The third-order valence-corrected chi connectivity index (χ3v) is 2.76. The van der Waals surface area contributed by atoms with E-state index in [2.05, 4.69) is 15.9 Å². The average Bonchev–Trinajstić information content (AvgIpc) is 2.34. The van der Waals surface area contributed by atoms with Crippen LogP contribution in [0.15, 0.2) is 46.9 Å². The second-order valence-electron chi connectivity index (χ2n) is 3.37. The maximum atomic E-state index is 13.2. The highest BCUT2D eigenvalue weighted by Crippen LogP contribution is 2.25. The van der Waals surface area contributed by atoms with Crippen LogP contribution in [0, 0.1) is 5.82 Å². The number of hydrogen-bond donors (Lipinski definition) is 0. The molecule has 86 valence electrons. The van der Waals surface area contributed by atoms with Crippen LogP contribution in [0.3, 0.4) is 0 Å². The van der Waals surface area contributed by atoms with Gasteiger partial charge in [0.2, 0.25) is 0 Å². The zero-order chi connectivity index (χ0) is 12.3. The van der Waals surface area contributed by atoms with Gasteiger partial charge in [0.05, 0.1) is 4.47 Å². The Bertz CT molecular complexity index is 555. The van der Waals surface area contributed by atoms with Crippen LogP contribution < -0.4 is 4.74 Å². The SMILES string of the molecule is O=Cc1cccc(Oc2ccc(Br)c(F)c2)c1. The number of rotatable bonds is 3. The highest BCUT2D eigenvalue weighted by molar-refractivity contribution is 9.10. The van der Waals surface area contributed by atoms with E-state index in [4.69, 9.17) is 4.74 Å². The molecular weight excluding hydrogens is 287 g/mol. The van der Waals surface area contributed by atoms with E-state index in [0.29, 0.717) is 21.5 Å². The maximum Gasteiger partial charge on any atom is 0.150 e. The number of hydrogen-bond acceptors (Lipinski definition) is 2. The molecular formula is C13H8BrFO2. The lowest BCUT2D eigenvalue weighted by molar-refractivity contribution is 0.112. The number of carbonyl (C=O) groups is 1. The van der Waals surface area contributed by atoms with Gasteiger partial charge >= 0.3 is 0 Å². The molecule has 2 aromatic rings. The van der Waals surface area contributed by atoms with Crippen molar-refractivity contribution < 1.29 is 13.9 Å². The molecule has 0 atom stereocenters. The zero-order valence-electron chi connectivity index (χ0n) is 8.69. The van der Waals surface area contributed by atoms with Crippen molar-refractivity contribution in [3.63, 3.8) is 0 Å². The number of ether oxygens (including phenoxy) is 1. The van der Waals surface area contributed by atoms with Crippen LogP contribution in [-0.2, 0) is 0 Å². The Hall–Kier alpha value is -1.68. The van der Waals surface area contributed by atoms with Gasteiger partial charge in [-0.15, -0.1) is 0 Å². The fourth-order valence-electron chi connectivity index (χ4n) is 1.33. The molecule has 2 aromatic carbocycles. The van der Waals surface area contributed by atoms with Crippen molar-refractivity contribution in [2.45, 2.75) is 0 Å². The van der Waals surface area contributed by atoms with E-state index in [1.54, 1.807) is 36.4 Å². The first-order valence-corrected chi connectivity index (χ1v) is 5.66. The van der Waals surface area contributed by atoms with E-state index in [1.807, 2.05) is 0 Å². The summed E-state index contributed by atoms with van der Waals surface area (Å²) >= 11 is 3.06. The van der Waals surface area contributed by atoms with Crippen LogP contribution in [0.2, 0.25) is 0 Å². The van der Waals surface area contributed by atoms with Crippen molar-refractivity contribution in [3.8, 4) is 11.5 Å². The summed E-state index contributed by atoms with van der Waals surface area (Å²) in [6.45, 7) is 0. The molecule has 2 rings (SSSR count). The Kier molecular flexibility index (Phi) is 3.54. The molecule has 0 aliphatic heterocycles. The quantitative estimate of drug-likeness (QED) is 0.793. The van der Waals surface area contributed by atoms with E-state index in [1.165, 1.54) is 6.07 Å². The summed E-state index contributed by atoms with van der Waals surface area (Å²) in [7, 11) is 0. The van der Waals surface area contributed by atoms with Crippen LogP contribution in [0.4, 0.5) is 4.39 Å². The first kappa shape index (κ1) is 11.8. The summed E-state index contributed by atoms with van der Waals surface area (Å²) in [4.78, 5) is 10.6. The molecule has 0 aliphatic carbocycles. The van der Waals surface area contributed by atoms with Gasteiger partial charge in [-0.25, -0.2) is 4.39 Å². The summed E-state index contributed by atoms with van der Waals surface area (Å²) in [5.74, 6) is 0.485. The van der Waals surface area contributed by atoms with Gasteiger partial charge in [0.25, 0.3) is 0 Å². The largest absolute Gasteiger partial charge is 0.457 e. The normalized spacial score (nSPS) is 10.0. The highest BCUT2D eigenvalue weighted by atomic mass is 79.9. The Balaban J connectivity index is 2.24. The molecule has 0 spiro atoms. The number of carbonyl (C=O) groups excluding carboxylic acids is 1. The summed E-state index contributed by atoms with van der Waals surface area (Å²) < 4.78 is 19.1. The molecule has 0 N–H and O–H groups in total. The van der Waals surface area contributed by atoms with Crippen LogP contribution in [0.5, 0.6) is 11.5 Å². The molecule has 0 saturated heterocycles. The molecule has 0 amide bonds. The van der Waals surface area contributed by atoms with Crippen LogP contribution >= 0.6 is 15.9 Å². The van der Waals surface area contributed by atoms with E-state index >= 15 is 0 Å². The Morgan fingerprint density at radius 3 is 2.59 bits per heavy atom. The van der Waals surface area contributed by atoms with Gasteiger partial charge in [0.1, 0.15) is 23.6 Å². The Morgan fingerprint density at radius 2 is 1.88 bits per heavy atom. The molecule has 0 aliphatic rings. The minimum absolute atomic E-state index is 0.381. The molecule has 0 saturated carbocycles. The minimum Gasteiger partial charge on any atom is -0.457 e. The van der Waals surface area contributed by atoms with Crippen molar-refractivity contribution in [3.05, 3.63) is 58.3 Å². The zero-order valence-corrected chi connectivity index (χ0v) is 10.3. The predicted octanol–water partition coefficient (Wildman–Crippen LogP) is 4.19. The van der Waals surface area contributed by atoms with Gasteiger partial charge in [-0.3, -0.25) is 4.79 Å². The average molecular weight is 295 g/mol. The van der Waals surface area contributed by atoms with E-state index in [0.717, 1.165) is 6.29 Å². The lowest BCUT2D eigenvalue weighted by atomic mass is 10.2. The Morgan fingerprint density at radius 1 is 1.12 bits per heavy atom. The standard InChI is InChI=1S/C13H8BrFO2/c14-12-5-4-11(7-13(12)15)17-10-3-1-2-9(6-10)8-16/h1-8H. The minimum atomic E-state index is -0.394.